The van der Waals surface area contributed by atoms with Gasteiger partial charge in [0.15, 0.2) is 0 Å². The molecule has 1 aromatic carbocycles. The van der Waals surface area contributed by atoms with Gasteiger partial charge in [0, 0.05) is 12.1 Å². The second-order valence-electron chi connectivity index (χ2n) is 4.62. The van der Waals surface area contributed by atoms with Crippen LogP contribution in [0.4, 0.5) is 0 Å². The van der Waals surface area contributed by atoms with Crippen molar-refractivity contribution in [1.29, 1.82) is 5.26 Å². The third-order valence-electron chi connectivity index (χ3n) is 3.53. The zero-order valence-electron chi connectivity index (χ0n) is 9.89. The molecule has 0 fully saturated rings. The van der Waals surface area contributed by atoms with E-state index in [1.807, 2.05) is 18.2 Å². The number of hydrogen-bond acceptors (Lipinski definition) is 3. The Kier molecular flexibility index (Phi) is 2.42. The molecular formula is C14H13N3O. The molecule has 0 radical (unpaired) electrons. The Morgan fingerprint density at radius 1 is 1.44 bits per heavy atom. The van der Waals surface area contributed by atoms with E-state index in [0.29, 0.717) is 12.1 Å². The van der Waals surface area contributed by atoms with E-state index in [9.17, 15) is 4.79 Å². The van der Waals surface area contributed by atoms with Gasteiger partial charge < -0.3 is 10.3 Å². The molecule has 0 amide bonds. The fraction of sp³-hybridized carbons (Fsp3) is 0.286. The molecule has 3 rings (SSSR count). The van der Waals surface area contributed by atoms with Crippen molar-refractivity contribution in [2.75, 3.05) is 0 Å². The van der Waals surface area contributed by atoms with Crippen molar-refractivity contribution in [3.63, 3.8) is 0 Å². The lowest BCUT2D eigenvalue weighted by molar-refractivity contribution is 0.609. The molecule has 90 valence electrons. The summed E-state index contributed by atoms with van der Waals surface area (Å²) in [7, 11) is 0. The van der Waals surface area contributed by atoms with Crippen LogP contribution in [0.1, 0.15) is 23.6 Å². The summed E-state index contributed by atoms with van der Waals surface area (Å²) in [5.41, 5.74) is 8.17. The van der Waals surface area contributed by atoms with Crippen molar-refractivity contribution >= 4 is 10.9 Å². The highest BCUT2D eigenvalue weighted by Gasteiger charge is 2.18. The second-order valence-corrected chi connectivity index (χ2v) is 4.62. The van der Waals surface area contributed by atoms with Crippen LogP contribution in [-0.4, -0.2) is 4.57 Å². The van der Waals surface area contributed by atoms with Gasteiger partial charge in [0.1, 0.15) is 6.04 Å². The normalized spacial score (nSPS) is 15.3. The summed E-state index contributed by atoms with van der Waals surface area (Å²) in [5.74, 6) is 0. The molecule has 0 unspecified atom stereocenters. The largest absolute Gasteiger partial charge is 0.312 e. The Balaban J connectivity index is 2.43. The maximum Gasteiger partial charge on any atom is 0.256 e. The number of para-hydroxylation sites is 1. The minimum Gasteiger partial charge on any atom is -0.312 e. The summed E-state index contributed by atoms with van der Waals surface area (Å²) < 4.78 is 1.76. The molecule has 0 saturated heterocycles. The van der Waals surface area contributed by atoms with E-state index < -0.39 is 6.04 Å². The van der Waals surface area contributed by atoms with Crippen LogP contribution in [0.5, 0.6) is 0 Å². The average molecular weight is 239 g/mol. The molecule has 2 heterocycles. The molecule has 1 aliphatic heterocycles. The summed E-state index contributed by atoms with van der Waals surface area (Å²) in [4.78, 5) is 12.3. The van der Waals surface area contributed by atoms with Crippen LogP contribution in [0.15, 0.2) is 29.1 Å². The molecule has 4 heteroatoms. The van der Waals surface area contributed by atoms with Crippen molar-refractivity contribution in [3.8, 4) is 6.07 Å². The monoisotopic (exact) mass is 239 g/mol. The molecule has 0 bridgehead atoms. The number of benzene rings is 1. The topological polar surface area (TPSA) is 71.8 Å². The first-order valence-electron chi connectivity index (χ1n) is 6.03. The van der Waals surface area contributed by atoms with Gasteiger partial charge in [-0.2, -0.15) is 5.26 Å². The highest BCUT2D eigenvalue weighted by atomic mass is 16.1. The molecular weight excluding hydrogens is 226 g/mol. The predicted molar refractivity (Wildman–Crippen MR) is 69.1 cm³/mol. The number of rotatable bonds is 1. The maximum absolute atomic E-state index is 12.3. The van der Waals surface area contributed by atoms with Gasteiger partial charge in [0.2, 0.25) is 0 Å². The van der Waals surface area contributed by atoms with Crippen LogP contribution in [0, 0.1) is 11.3 Å². The van der Waals surface area contributed by atoms with Crippen LogP contribution >= 0.6 is 0 Å². The van der Waals surface area contributed by atoms with Gasteiger partial charge in [-0.05, 0) is 29.9 Å². The molecule has 1 aromatic heterocycles. The number of nitriles is 1. The van der Waals surface area contributed by atoms with Crippen LogP contribution in [0.25, 0.3) is 10.9 Å². The van der Waals surface area contributed by atoms with E-state index in [-0.39, 0.29) is 5.56 Å². The molecule has 0 spiro atoms. The van der Waals surface area contributed by atoms with E-state index >= 15 is 0 Å². The molecule has 4 nitrogen and oxygen atoms in total. The fourth-order valence-corrected chi connectivity index (χ4v) is 2.68. The summed E-state index contributed by atoms with van der Waals surface area (Å²) in [6, 6.07) is 8.85. The highest BCUT2D eigenvalue weighted by Crippen LogP contribution is 2.24. The van der Waals surface area contributed by atoms with Crippen molar-refractivity contribution in [2.45, 2.75) is 25.4 Å². The quantitative estimate of drug-likeness (QED) is 0.819. The summed E-state index contributed by atoms with van der Waals surface area (Å²) in [5, 5.41) is 9.89. The Morgan fingerprint density at radius 3 is 3.06 bits per heavy atom. The van der Waals surface area contributed by atoms with Gasteiger partial charge in [-0.3, -0.25) is 4.79 Å². The number of hydrogen-bond donors (Lipinski definition) is 1. The number of nitrogens with zero attached hydrogens (tertiary/aromatic N) is 2. The Hall–Kier alpha value is -2.12. The summed E-state index contributed by atoms with van der Waals surface area (Å²) in [6.45, 7) is 0.707. The van der Waals surface area contributed by atoms with Crippen LogP contribution in [0.3, 0.4) is 0 Å². The number of aryl methyl sites for hydroxylation is 2. The van der Waals surface area contributed by atoms with E-state index in [1.165, 1.54) is 5.56 Å². The predicted octanol–water partition coefficient (Wildman–Crippen LogP) is 1.47. The van der Waals surface area contributed by atoms with Gasteiger partial charge in [-0.15, -0.1) is 0 Å². The summed E-state index contributed by atoms with van der Waals surface area (Å²) >= 11 is 0. The Morgan fingerprint density at radius 2 is 2.28 bits per heavy atom. The molecule has 0 saturated carbocycles. The minimum absolute atomic E-state index is 0.122. The zero-order chi connectivity index (χ0) is 12.7. The second kappa shape index (κ2) is 3.97. The SMILES string of the molecule is N#C[C@@H](N)c1cc2cccc3c2n(c1=O)CCC3. The van der Waals surface area contributed by atoms with Gasteiger partial charge in [-0.1, -0.05) is 18.2 Å². The van der Waals surface area contributed by atoms with E-state index in [0.717, 1.165) is 23.7 Å². The van der Waals surface area contributed by atoms with Crippen LogP contribution in [0.2, 0.25) is 0 Å². The zero-order valence-corrected chi connectivity index (χ0v) is 9.89. The third kappa shape index (κ3) is 1.45. The van der Waals surface area contributed by atoms with E-state index in [2.05, 4.69) is 6.07 Å². The standard InChI is InChI=1S/C14H13N3O/c15-8-12(16)11-7-10-4-1-3-9-5-2-6-17(13(9)10)14(11)18/h1,3-4,7,12H,2,5-6,16H2/t12-/m1/s1. The molecule has 2 N–H and O–H groups in total. The van der Waals surface area contributed by atoms with Gasteiger partial charge in [0.25, 0.3) is 5.56 Å². The molecule has 1 atom stereocenters. The van der Waals surface area contributed by atoms with Crippen molar-refractivity contribution in [2.24, 2.45) is 5.73 Å². The Labute approximate surface area is 104 Å². The van der Waals surface area contributed by atoms with Crippen molar-refractivity contribution in [3.05, 3.63) is 45.7 Å². The number of nitrogens with two attached hydrogens (primary N) is 1. The summed E-state index contributed by atoms with van der Waals surface area (Å²) in [6.07, 6.45) is 1.96. The average Bonchev–Trinajstić information content (AvgIpc) is 2.42. The molecule has 18 heavy (non-hydrogen) atoms. The lowest BCUT2D eigenvalue weighted by Crippen LogP contribution is -2.30. The fourth-order valence-electron chi connectivity index (χ4n) is 2.68. The maximum atomic E-state index is 12.3. The molecule has 0 aliphatic carbocycles. The first kappa shape index (κ1) is 11.0. The lowest BCUT2D eigenvalue weighted by atomic mass is 9.99. The van der Waals surface area contributed by atoms with Crippen molar-refractivity contribution < 1.29 is 0 Å². The number of pyridine rings is 1. The highest BCUT2D eigenvalue weighted by molar-refractivity contribution is 5.83. The smallest absolute Gasteiger partial charge is 0.256 e. The first-order chi connectivity index (χ1) is 8.72. The molecule has 1 aliphatic rings. The van der Waals surface area contributed by atoms with Gasteiger partial charge in [0.05, 0.1) is 11.6 Å². The first-order valence-corrected chi connectivity index (χ1v) is 6.03. The molecule has 2 aromatic rings. The van der Waals surface area contributed by atoms with E-state index in [4.69, 9.17) is 11.0 Å². The minimum atomic E-state index is -0.851. The van der Waals surface area contributed by atoms with Crippen LogP contribution < -0.4 is 11.3 Å². The van der Waals surface area contributed by atoms with E-state index in [1.54, 1.807) is 10.6 Å². The number of aromatic nitrogens is 1. The van der Waals surface area contributed by atoms with Gasteiger partial charge in [-0.25, -0.2) is 0 Å². The Bertz CT molecular complexity index is 724. The lowest BCUT2D eigenvalue weighted by Gasteiger charge is -2.20. The van der Waals surface area contributed by atoms with Crippen molar-refractivity contribution in [1.82, 2.24) is 4.57 Å². The van der Waals surface area contributed by atoms with Crippen LogP contribution in [-0.2, 0) is 13.0 Å². The van der Waals surface area contributed by atoms with Gasteiger partial charge >= 0.3 is 0 Å². The third-order valence-corrected chi connectivity index (χ3v) is 3.53.